The van der Waals surface area contributed by atoms with Gasteiger partial charge in [-0.25, -0.2) is 0 Å². The molecule has 2 N–H and O–H groups in total. The van der Waals surface area contributed by atoms with Crippen LogP contribution in [0.25, 0.3) is 6.08 Å². The van der Waals surface area contributed by atoms with Gasteiger partial charge in [-0.2, -0.15) is 0 Å². The molecule has 0 aliphatic carbocycles. The predicted molar refractivity (Wildman–Crippen MR) is 182 cm³/mol. The minimum atomic E-state index is -0.569. The largest absolute Gasteiger partial charge is 0.493 e. The van der Waals surface area contributed by atoms with Crippen LogP contribution >= 0.6 is 27.7 Å². The molecule has 0 spiro atoms. The second-order valence-corrected chi connectivity index (χ2v) is 12.4. The highest BCUT2D eigenvalue weighted by Crippen LogP contribution is 2.35. The standard InChI is InChI=1S/C33H33BrN4O7S/c1-20-14-23(34)25(15-21(20)2)36-31(40)19-45-27-9-8-22(16-28(27)43-3)17-29-32(41)38(33(42)46-29)18-30(39)35-24-6-4-5-7-26(24)37-10-12-44-13-11-37/h4-9,14-17H,10-13,18-19H2,1-3H3,(H,35,39)(H,36,40)/b29-17+. The number of halogens is 1. The lowest BCUT2D eigenvalue weighted by atomic mass is 10.1. The van der Waals surface area contributed by atoms with E-state index in [-0.39, 0.29) is 17.4 Å². The molecule has 5 rings (SSSR count). The van der Waals surface area contributed by atoms with Crippen LogP contribution in [-0.4, -0.2) is 74.4 Å². The first-order valence-corrected chi connectivity index (χ1v) is 16.1. The molecule has 3 aromatic carbocycles. The molecule has 3 aromatic rings. The number of carbonyl (C=O) groups excluding carboxylic acids is 4. The fourth-order valence-electron chi connectivity index (χ4n) is 4.88. The number of hydrogen-bond donors (Lipinski definition) is 2. The maximum atomic E-state index is 13.1. The van der Waals surface area contributed by atoms with Gasteiger partial charge >= 0.3 is 0 Å². The molecule has 2 fully saturated rings. The molecule has 2 aliphatic heterocycles. The number of rotatable bonds is 10. The number of amides is 4. The van der Waals surface area contributed by atoms with Gasteiger partial charge in [0.2, 0.25) is 5.91 Å². The Bertz CT molecular complexity index is 1710. The van der Waals surface area contributed by atoms with Crippen LogP contribution in [0.3, 0.4) is 0 Å². The Hall–Kier alpha value is -4.33. The molecule has 4 amide bonds. The second-order valence-electron chi connectivity index (χ2n) is 10.6. The minimum absolute atomic E-state index is 0.167. The number of ether oxygens (including phenoxy) is 3. The van der Waals surface area contributed by atoms with Gasteiger partial charge < -0.3 is 29.7 Å². The molecule has 13 heteroatoms. The van der Waals surface area contributed by atoms with Crippen LogP contribution in [0, 0.1) is 13.8 Å². The monoisotopic (exact) mass is 708 g/mol. The highest BCUT2D eigenvalue weighted by Gasteiger charge is 2.36. The number of morpholine rings is 1. The minimum Gasteiger partial charge on any atom is -0.493 e. The Kier molecular flexibility index (Phi) is 10.7. The number of imide groups is 1. The van der Waals surface area contributed by atoms with Gasteiger partial charge in [0.25, 0.3) is 17.1 Å². The molecular weight excluding hydrogens is 676 g/mol. The molecule has 0 unspecified atom stereocenters. The summed E-state index contributed by atoms with van der Waals surface area (Å²) in [5.74, 6) is -0.735. The molecule has 240 valence electrons. The van der Waals surface area contributed by atoms with E-state index in [9.17, 15) is 19.2 Å². The van der Waals surface area contributed by atoms with Crippen molar-refractivity contribution in [2.24, 2.45) is 0 Å². The summed E-state index contributed by atoms with van der Waals surface area (Å²) in [4.78, 5) is 54.6. The lowest BCUT2D eigenvalue weighted by Gasteiger charge is -2.30. The Morgan fingerprint density at radius 2 is 1.67 bits per heavy atom. The van der Waals surface area contributed by atoms with Gasteiger partial charge in [0, 0.05) is 17.6 Å². The molecule has 2 saturated heterocycles. The maximum absolute atomic E-state index is 13.1. The van der Waals surface area contributed by atoms with Crippen LogP contribution in [0.4, 0.5) is 21.9 Å². The first-order chi connectivity index (χ1) is 22.1. The first kappa shape index (κ1) is 33.0. The number of aryl methyl sites for hydroxylation is 2. The van der Waals surface area contributed by atoms with Crippen molar-refractivity contribution in [3.63, 3.8) is 0 Å². The summed E-state index contributed by atoms with van der Waals surface area (Å²) in [6.07, 6.45) is 1.55. The lowest BCUT2D eigenvalue weighted by Crippen LogP contribution is -2.38. The van der Waals surface area contributed by atoms with E-state index in [1.165, 1.54) is 7.11 Å². The van der Waals surface area contributed by atoms with E-state index in [1.54, 1.807) is 30.3 Å². The molecule has 0 radical (unpaired) electrons. The third-order valence-electron chi connectivity index (χ3n) is 7.41. The van der Waals surface area contributed by atoms with Crippen molar-refractivity contribution >= 4 is 73.8 Å². The third-order valence-corrected chi connectivity index (χ3v) is 8.97. The summed E-state index contributed by atoms with van der Waals surface area (Å²) in [6, 6.07) is 16.1. The van der Waals surface area contributed by atoms with Crippen molar-refractivity contribution in [3.8, 4) is 11.5 Å². The molecular formula is C33H33BrN4O7S. The number of nitrogens with one attached hydrogen (secondary N) is 2. The molecule has 11 nitrogen and oxygen atoms in total. The average Bonchev–Trinajstić information content (AvgIpc) is 3.30. The Balaban J connectivity index is 1.20. The van der Waals surface area contributed by atoms with Crippen LogP contribution in [0.5, 0.6) is 11.5 Å². The van der Waals surface area contributed by atoms with Gasteiger partial charge in [-0.1, -0.05) is 18.2 Å². The van der Waals surface area contributed by atoms with Crippen molar-refractivity contribution in [2.45, 2.75) is 13.8 Å². The van der Waals surface area contributed by atoms with Gasteiger partial charge in [0.1, 0.15) is 6.54 Å². The fraction of sp³-hybridized carbons (Fsp3) is 0.273. The summed E-state index contributed by atoms with van der Waals surface area (Å²) >= 11 is 4.22. The van der Waals surface area contributed by atoms with Gasteiger partial charge in [-0.3, -0.25) is 24.1 Å². The molecule has 0 bridgehead atoms. The van der Waals surface area contributed by atoms with Crippen LogP contribution in [0.1, 0.15) is 16.7 Å². The molecule has 0 saturated carbocycles. The highest BCUT2D eigenvalue weighted by atomic mass is 79.9. The number of hydrogen-bond acceptors (Lipinski definition) is 9. The Labute approximate surface area is 279 Å². The molecule has 46 heavy (non-hydrogen) atoms. The van der Waals surface area contributed by atoms with Crippen molar-refractivity contribution in [3.05, 3.63) is 80.7 Å². The highest BCUT2D eigenvalue weighted by molar-refractivity contribution is 9.10. The first-order valence-electron chi connectivity index (χ1n) is 14.5. The second kappa shape index (κ2) is 14.8. The number of anilines is 3. The average molecular weight is 710 g/mol. The maximum Gasteiger partial charge on any atom is 0.294 e. The van der Waals surface area contributed by atoms with Crippen LogP contribution in [0.15, 0.2) is 64.0 Å². The summed E-state index contributed by atoms with van der Waals surface area (Å²) in [7, 11) is 1.46. The zero-order chi connectivity index (χ0) is 32.8. The molecule has 2 heterocycles. The van der Waals surface area contributed by atoms with Crippen LogP contribution in [-0.2, 0) is 19.1 Å². The van der Waals surface area contributed by atoms with E-state index in [0.717, 1.165) is 37.9 Å². The number of benzene rings is 3. The van der Waals surface area contributed by atoms with Crippen LogP contribution in [0.2, 0.25) is 0 Å². The normalized spacial score (nSPS) is 15.7. The summed E-state index contributed by atoms with van der Waals surface area (Å²) in [5, 5.41) is 5.13. The number of thioether (sulfide) groups is 1. The summed E-state index contributed by atoms with van der Waals surface area (Å²) in [6.45, 7) is 5.85. The fourth-order valence-corrected chi connectivity index (χ4v) is 6.28. The van der Waals surface area contributed by atoms with Crippen molar-refractivity contribution in [1.82, 2.24) is 4.90 Å². The van der Waals surface area contributed by atoms with Gasteiger partial charge in [0.15, 0.2) is 18.1 Å². The topological polar surface area (TPSA) is 127 Å². The van der Waals surface area contributed by atoms with E-state index in [0.29, 0.717) is 54.7 Å². The number of nitrogens with zero attached hydrogens (tertiary/aromatic N) is 2. The predicted octanol–water partition coefficient (Wildman–Crippen LogP) is 5.60. The molecule has 0 aromatic heterocycles. The molecule has 0 atom stereocenters. The van der Waals surface area contributed by atoms with Crippen molar-refractivity contribution in [1.29, 1.82) is 0 Å². The SMILES string of the molecule is COc1cc(/C=C2/SC(=O)N(CC(=O)Nc3ccccc3N3CCOCC3)C2=O)ccc1OCC(=O)Nc1cc(C)c(C)cc1Br. The number of carbonyl (C=O) groups is 4. The van der Waals surface area contributed by atoms with E-state index in [2.05, 4.69) is 31.5 Å². The quantitative estimate of drug-likeness (QED) is 0.259. The van der Waals surface area contributed by atoms with E-state index in [1.807, 2.05) is 44.2 Å². The Morgan fingerprint density at radius 1 is 0.957 bits per heavy atom. The van der Waals surface area contributed by atoms with Gasteiger partial charge in [-0.05, 0) is 101 Å². The Morgan fingerprint density at radius 3 is 2.43 bits per heavy atom. The van der Waals surface area contributed by atoms with E-state index < -0.39 is 23.6 Å². The number of para-hydroxylation sites is 2. The van der Waals surface area contributed by atoms with Crippen molar-refractivity contribution < 1.29 is 33.4 Å². The van der Waals surface area contributed by atoms with E-state index >= 15 is 0 Å². The summed E-state index contributed by atoms with van der Waals surface area (Å²) < 4.78 is 17.4. The zero-order valence-corrected chi connectivity index (χ0v) is 28.0. The molecule has 2 aliphatic rings. The third kappa shape index (κ3) is 7.90. The zero-order valence-electron chi connectivity index (χ0n) is 25.6. The lowest BCUT2D eigenvalue weighted by molar-refractivity contribution is -0.127. The van der Waals surface area contributed by atoms with Gasteiger partial charge in [0.05, 0.1) is 42.3 Å². The number of methoxy groups -OCH3 is 1. The van der Waals surface area contributed by atoms with Crippen molar-refractivity contribution in [2.75, 3.05) is 62.1 Å². The van der Waals surface area contributed by atoms with Gasteiger partial charge in [-0.15, -0.1) is 0 Å². The van der Waals surface area contributed by atoms with E-state index in [4.69, 9.17) is 14.2 Å². The van der Waals surface area contributed by atoms with Crippen LogP contribution < -0.4 is 25.0 Å². The smallest absolute Gasteiger partial charge is 0.294 e. The summed E-state index contributed by atoms with van der Waals surface area (Å²) in [5.41, 5.74) is 4.81.